The van der Waals surface area contributed by atoms with Gasteiger partial charge in [-0.3, -0.25) is 0 Å². The smallest absolute Gasteiger partial charge is 0.283 e. The molecule has 0 aliphatic rings. The Morgan fingerprint density at radius 1 is 1.23 bits per heavy atom. The van der Waals surface area contributed by atoms with Gasteiger partial charge in [0.1, 0.15) is 5.52 Å². The molecule has 1 aromatic heterocycles. The molecular weight excluding hydrogens is 324 g/mol. The van der Waals surface area contributed by atoms with Gasteiger partial charge < -0.3 is 4.74 Å². The van der Waals surface area contributed by atoms with Crippen molar-refractivity contribution in [2.45, 2.75) is 11.8 Å². The largest absolute Gasteiger partial charge is 0.493 e. The molecule has 0 N–H and O–H groups in total. The molecule has 0 spiro atoms. The number of rotatable bonds is 3. The topological polar surface area (TPSA) is 61.2 Å². The molecule has 0 aliphatic heterocycles. The predicted octanol–water partition coefficient (Wildman–Crippen LogP) is 3.24. The van der Waals surface area contributed by atoms with Crippen LogP contribution in [-0.2, 0) is 10.0 Å². The zero-order valence-electron chi connectivity index (χ0n) is 11.9. The van der Waals surface area contributed by atoms with E-state index in [9.17, 15) is 8.42 Å². The number of hydrogen-bond acceptors (Lipinski definition) is 4. The first-order chi connectivity index (χ1) is 10.5. The number of halogens is 1. The summed E-state index contributed by atoms with van der Waals surface area (Å²) in [6, 6.07) is 9.84. The number of benzene rings is 2. The Morgan fingerprint density at radius 2 is 1.91 bits per heavy atom. The van der Waals surface area contributed by atoms with Crippen molar-refractivity contribution in [2.24, 2.45) is 0 Å². The average Bonchev–Trinajstić information content (AvgIpc) is 2.94. The SMILES string of the molecule is COc1c(Cl)cc(C)c2cnn(S(=O)(=O)c3ccccc3)c12. The molecular formula is C15H13ClN2O3S. The first kappa shape index (κ1) is 14.9. The molecule has 1 heterocycles. The Balaban J connectivity index is 2.38. The van der Waals surface area contributed by atoms with Crippen LogP contribution in [-0.4, -0.2) is 24.7 Å². The molecule has 0 atom stereocenters. The lowest BCUT2D eigenvalue weighted by molar-refractivity contribution is 0.418. The molecule has 114 valence electrons. The molecule has 0 aliphatic carbocycles. The maximum absolute atomic E-state index is 12.8. The summed E-state index contributed by atoms with van der Waals surface area (Å²) >= 11 is 6.17. The summed E-state index contributed by atoms with van der Waals surface area (Å²) < 4.78 is 31.9. The molecule has 0 fully saturated rings. The second kappa shape index (κ2) is 5.30. The molecule has 5 nitrogen and oxygen atoms in total. The molecule has 0 saturated heterocycles. The molecule has 0 unspecified atom stereocenters. The Bertz CT molecular complexity index is 950. The van der Waals surface area contributed by atoms with E-state index in [0.29, 0.717) is 21.7 Å². The van der Waals surface area contributed by atoms with Crippen LogP contribution in [0.4, 0.5) is 0 Å². The molecule has 3 aromatic rings. The van der Waals surface area contributed by atoms with Crippen molar-refractivity contribution in [1.82, 2.24) is 9.19 Å². The second-order valence-corrected chi connectivity index (χ2v) is 6.95. The summed E-state index contributed by atoms with van der Waals surface area (Å²) in [5.41, 5.74) is 1.17. The Morgan fingerprint density at radius 3 is 2.55 bits per heavy atom. The Kier molecular flexibility index (Phi) is 3.58. The number of aryl methyl sites for hydroxylation is 1. The van der Waals surface area contributed by atoms with Gasteiger partial charge in [0.05, 0.1) is 23.2 Å². The molecule has 3 rings (SSSR count). The highest BCUT2D eigenvalue weighted by Gasteiger charge is 2.24. The summed E-state index contributed by atoms with van der Waals surface area (Å²) in [4.78, 5) is 0.152. The molecule has 0 bridgehead atoms. The number of ether oxygens (including phenoxy) is 1. The third-order valence-electron chi connectivity index (χ3n) is 3.41. The van der Waals surface area contributed by atoms with Gasteiger partial charge in [0, 0.05) is 5.39 Å². The van der Waals surface area contributed by atoms with Crippen LogP contribution in [0.15, 0.2) is 47.5 Å². The van der Waals surface area contributed by atoms with E-state index in [-0.39, 0.29) is 4.90 Å². The van der Waals surface area contributed by atoms with Crippen molar-refractivity contribution in [2.75, 3.05) is 7.11 Å². The van der Waals surface area contributed by atoms with E-state index in [4.69, 9.17) is 16.3 Å². The van der Waals surface area contributed by atoms with Crippen LogP contribution in [0.2, 0.25) is 5.02 Å². The van der Waals surface area contributed by atoms with Crippen LogP contribution in [0.3, 0.4) is 0 Å². The van der Waals surface area contributed by atoms with E-state index in [1.807, 2.05) is 6.92 Å². The fourth-order valence-corrected chi connectivity index (χ4v) is 3.97. The van der Waals surface area contributed by atoms with Crippen molar-refractivity contribution in [3.63, 3.8) is 0 Å². The van der Waals surface area contributed by atoms with Crippen molar-refractivity contribution < 1.29 is 13.2 Å². The number of methoxy groups -OCH3 is 1. The van der Waals surface area contributed by atoms with Crippen LogP contribution >= 0.6 is 11.6 Å². The van der Waals surface area contributed by atoms with Crippen molar-refractivity contribution in [1.29, 1.82) is 0 Å². The second-order valence-electron chi connectivity index (χ2n) is 4.78. The zero-order chi connectivity index (χ0) is 15.9. The average molecular weight is 337 g/mol. The van der Waals surface area contributed by atoms with Gasteiger partial charge in [-0.05, 0) is 30.7 Å². The molecule has 2 aromatic carbocycles. The summed E-state index contributed by atoms with van der Waals surface area (Å²) in [6.07, 6.45) is 1.50. The van der Waals surface area contributed by atoms with Gasteiger partial charge in [0.25, 0.3) is 10.0 Å². The van der Waals surface area contributed by atoms with Crippen LogP contribution in [0.25, 0.3) is 10.9 Å². The molecule has 0 amide bonds. The van der Waals surface area contributed by atoms with Crippen LogP contribution in [0, 0.1) is 6.92 Å². The first-order valence-electron chi connectivity index (χ1n) is 6.48. The lowest BCUT2D eigenvalue weighted by Gasteiger charge is -2.11. The van der Waals surface area contributed by atoms with E-state index in [1.54, 1.807) is 24.3 Å². The van der Waals surface area contributed by atoms with Gasteiger partial charge in [-0.2, -0.15) is 13.5 Å². The summed E-state index contributed by atoms with van der Waals surface area (Å²) in [5, 5.41) is 5.07. The normalized spacial score (nSPS) is 11.8. The van der Waals surface area contributed by atoms with E-state index >= 15 is 0 Å². The third kappa shape index (κ3) is 2.15. The quantitative estimate of drug-likeness (QED) is 0.736. The Labute approximate surface area is 133 Å². The number of fused-ring (bicyclic) bond motifs is 1. The van der Waals surface area contributed by atoms with Crippen molar-refractivity contribution in [3.05, 3.63) is 53.2 Å². The van der Waals surface area contributed by atoms with E-state index in [1.165, 1.54) is 25.4 Å². The van der Waals surface area contributed by atoms with E-state index in [2.05, 4.69) is 5.10 Å². The maximum atomic E-state index is 12.8. The predicted molar refractivity (Wildman–Crippen MR) is 85.1 cm³/mol. The van der Waals surface area contributed by atoms with Crippen LogP contribution in [0.1, 0.15) is 5.56 Å². The van der Waals surface area contributed by atoms with Gasteiger partial charge in [0.2, 0.25) is 0 Å². The van der Waals surface area contributed by atoms with Gasteiger partial charge in [-0.15, -0.1) is 4.09 Å². The van der Waals surface area contributed by atoms with Gasteiger partial charge in [0.15, 0.2) is 5.75 Å². The molecule has 7 heteroatoms. The maximum Gasteiger partial charge on any atom is 0.283 e. The van der Waals surface area contributed by atoms with E-state index < -0.39 is 10.0 Å². The fraction of sp³-hybridized carbons (Fsp3) is 0.133. The van der Waals surface area contributed by atoms with E-state index in [0.717, 1.165) is 9.65 Å². The monoisotopic (exact) mass is 336 g/mol. The standard InChI is InChI=1S/C15H13ClN2O3S/c1-10-8-13(16)15(21-2)14-12(10)9-17-18(14)22(19,20)11-6-4-3-5-7-11/h3-9H,1-2H3. The van der Waals surface area contributed by atoms with Gasteiger partial charge in [-0.25, -0.2) is 0 Å². The molecule has 0 radical (unpaired) electrons. The number of hydrogen-bond donors (Lipinski definition) is 0. The number of nitrogens with zero attached hydrogens (tertiary/aromatic N) is 2. The summed E-state index contributed by atoms with van der Waals surface area (Å²) in [6.45, 7) is 1.84. The molecule has 22 heavy (non-hydrogen) atoms. The molecule has 0 saturated carbocycles. The van der Waals surface area contributed by atoms with Gasteiger partial charge >= 0.3 is 0 Å². The highest BCUT2D eigenvalue weighted by molar-refractivity contribution is 7.90. The van der Waals surface area contributed by atoms with Crippen LogP contribution < -0.4 is 4.74 Å². The first-order valence-corrected chi connectivity index (χ1v) is 8.30. The lowest BCUT2D eigenvalue weighted by atomic mass is 10.1. The summed E-state index contributed by atoms with van der Waals surface area (Å²) in [7, 11) is -2.37. The minimum atomic E-state index is -3.82. The Hall–Kier alpha value is -2.05. The zero-order valence-corrected chi connectivity index (χ0v) is 13.5. The highest BCUT2D eigenvalue weighted by atomic mass is 35.5. The third-order valence-corrected chi connectivity index (χ3v) is 5.29. The van der Waals surface area contributed by atoms with Gasteiger partial charge in [-0.1, -0.05) is 29.8 Å². The highest BCUT2D eigenvalue weighted by Crippen LogP contribution is 2.36. The minimum absolute atomic E-state index is 0.152. The van der Waals surface area contributed by atoms with Crippen molar-refractivity contribution in [3.8, 4) is 5.75 Å². The summed E-state index contributed by atoms with van der Waals surface area (Å²) in [5.74, 6) is 0.291. The lowest BCUT2D eigenvalue weighted by Crippen LogP contribution is -2.14. The van der Waals surface area contributed by atoms with Crippen molar-refractivity contribution >= 4 is 32.5 Å². The van der Waals surface area contributed by atoms with Crippen LogP contribution in [0.5, 0.6) is 5.75 Å². The number of aromatic nitrogens is 2. The fourth-order valence-electron chi connectivity index (χ4n) is 2.35. The minimum Gasteiger partial charge on any atom is -0.493 e.